The number of carbonyl (C=O) groups excluding carboxylic acids is 1. The first-order valence-electron chi connectivity index (χ1n) is 6.88. The maximum absolute atomic E-state index is 12.3. The number of amides is 1. The van der Waals surface area contributed by atoms with Crippen LogP contribution < -0.4 is 0 Å². The molecule has 0 unspecified atom stereocenters. The van der Waals surface area contributed by atoms with Gasteiger partial charge in [-0.1, -0.05) is 0 Å². The van der Waals surface area contributed by atoms with Crippen molar-refractivity contribution in [2.24, 2.45) is 0 Å². The average molecular weight is 366 g/mol. The van der Waals surface area contributed by atoms with E-state index in [1.54, 1.807) is 35.9 Å². The molecule has 4 nitrogen and oxygen atoms in total. The van der Waals surface area contributed by atoms with E-state index in [2.05, 4.69) is 37.9 Å². The van der Waals surface area contributed by atoms with Gasteiger partial charge in [-0.05, 0) is 40.2 Å². The number of hydrogen-bond acceptors (Lipinski definition) is 4. The number of rotatable bonds is 3. The van der Waals surface area contributed by atoms with Crippen LogP contribution in [0.4, 0.5) is 0 Å². The molecule has 1 aliphatic rings. The second kappa shape index (κ2) is 6.68. The van der Waals surface area contributed by atoms with E-state index in [-0.39, 0.29) is 5.91 Å². The van der Waals surface area contributed by atoms with Crippen LogP contribution in [-0.4, -0.2) is 46.9 Å². The molecule has 0 aliphatic carbocycles. The Morgan fingerprint density at radius 1 is 1.14 bits per heavy atom. The molecule has 3 heterocycles. The highest BCUT2D eigenvalue weighted by molar-refractivity contribution is 9.11. The molecule has 0 bridgehead atoms. The van der Waals surface area contributed by atoms with E-state index in [0.29, 0.717) is 0 Å². The number of piperazine rings is 1. The summed E-state index contributed by atoms with van der Waals surface area (Å²) in [5, 5.41) is 0. The molecule has 21 heavy (non-hydrogen) atoms. The van der Waals surface area contributed by atoms with Crippen LogP contribution in [0.1, 0.15) is 15.2 Å². The molecule has 110 valence electrons. The Morgan fingerprint density at radius 2 is 1.86 bits per heavy atom. The molecule has 0 atom stereocenters. The van der Waals surface area contributed by atoms with Crippen LogP contribution in [0.5, 0.6) is 0 Å². The molecule has 0 radical (unpaired) electrons. The van der Waals surface area contributed by atoms with Gasteiger partial charge in [-0.15, -0.1) is 11.3 Å². The molecular formula is C15H16BrN3OS. The second-order valence-electron chi connectivity index (χ2n) is 5.01. The van der Waals surface area contributed by atoms with Gasteiger partial charge in [0.2, 0.25) is 0 Å². The van der Waals surface area contributed by atoms with Gasteiger partial charge in [0.05, 0.1) is 3.79 Å². The molecule has 1 amide bonds. The topological polar surface area (TPSA) is 36.4 Å². The molecule has 1 fully saturated rings. The smallest absolute Gasteiger partial charge is 0.254 e. The lowest BCUT2D eigenvalue weighted by Crippen LogP contribution is -2.48. The van der Waals surface area contributed by atoms with E-state index >= 15 is 0 Å². The minimum Gasteiger partial charge on any atom is -0.336 e. The van der Waals surface area contributed by atoms with Gasteiger partial charge in [0.15, 0.2) is 0 Å². The first-order chi connectivity index (χ1) is 10.2. The summed E-state index contributed by atoms with van der Waals surface area (Å²) in [5.41, 5.74) is 0.723. The lowest BCUT2D eigenvalue weighted by atomic mass is 10.2. The Balaban J connectivity index is 1.54. The van der Waals surface area contributed by atoms with Crippen LogP contribution in [-0.2, 0) is 6.54 Å². The van der Waals surface area contributed by atoms with Gasteiger partial charge in [-0.2, -0.15) is 0 Å². The van der Waals surface area contributed by atoms with E-state index < -0.39 is 0 Å². The predicted octanol–water partition coefficient (Wildman–Crippen LogP) is 2.86. The van der Waals surface area contributed by atoms with Crippen LogP contribution in [0.3, 0.4) is 0 Å². The molecule has 3 rings (SSSR count). The van der Waals surface area contributed by atoms with Gasteiger partial charge in [0.25, 0.3) is 5.91 Å². The fourth-order valence-corrected chi connectivity index (χ4v) is 3.97. The van der Waals surface area contributed by atoms with Crippen molar-refractivity contribution in [2.45, 2.75) is 6.54 Å². The Bertz CT molecular complexity index is 608. The van der Waals surface area contributed by atoms with E-state index in [1.807, 2.05) is 4.90 Å². The summed E-state index contributed by atoms with van der Waals surface area (Å²) < 4.78 is 1.17. The molecule has 0 spiro atoms. The molecule has 2 aromatic rings. The molecule has 0 N–H and O–H groups in total. The number of pyridine rings is 1. The lowest BCUT2D eigenvalue weighted by molar-refractivity contribution is 0.0629. The maximum Gasteiger partial charge on any atom is 0.254 e. The van der Waals surface area contributed by atoms with Gasteiger partial charge >= 0.3 is 0 Å². The third-order valence-electron chi connectivity index (χ3n) is 3.60. The number of aromatic nitrogens is 1. The third kappa shape index (κ3) is 3.70. The molecular weight excluding hydrogens is 350 g/mol. The fraction of sp³-hybridized carbons (Fsp3) is 0.333. The normalized spacial score (nSPS) is 16.1. The fourth-order valence-electron chi connectivity index (χ4n) is 2.44. The van der Waals surface area contributed by atoms with Gasteiger partial charge in [-0.3, -0.25) is 14.7 Å². The van der Waals surface area contributed by atoms with Gasteiger partial charge < -0.3 is 4.90 Å². The Hall–Kier alpha value is -1.24. The number of hydrogen-bond donors (Lipinski definition) is 0. The molecule has 0 saturated carbocycles. The SMILES string of the molecule is O=C(c1ccncc1)N1CCN(Cc2ccc(Br)s2)CC1. The Morgan fingerprint density at radius 3 is 2.48 bits per heavy atom. The highest BCUT2D eigenvalue weighted by Crippen LogP contribution is 2.23. The van der Waals surface area contributed by atoms with Crippen molar-refractivity contribution in [1.29, 1.82) is 0 Å². The van der Waals surface area contributed by atoms with Crippen LogP contribution in [0.25, 0.3) is 0 Å². The zero-order valence-corrected chi connectivity index (χ0v) is 13.9. The first-order valence-corrected chi connectivity index (χ1v) is 8.49. The summed E-state index contributed by atoms with van der Waals surface area (Å²) in [4.78, 5) is 22.0. The quantitative estimate of drug-likeness (QED) is 0.838. The van der Waals surface area contributed by atoms with Crippen molar-refractivity contribution >= 4 is 33.2 Å². The summed E-state index contributed by atoms with van der Waals surface area (Å²) in [5.74, 6) is 0.107. The van der Waals surface area contributed by atoms with Crippen molar-refractivity contribution < 1.29 is 4.79 Å². The second-order valence-corrected chi connectivity index (χ2v) is 7.56. The summed E-state index contributed by atoms with van der Waals surface area (Å²) in [6, 6.07) is 7.79. The van der Waals surface area contributed by atoms with E-state index in [9.17, 15) is 4.79 Å². The minimum absolute atomic E-state index is 0.107. The third-order valence-corrected chi connectivity index (χ3v) is 5.20. The number of thiophene rings is 1. The Labute approximate surface area is 136 Å². The van der Waals surface area contributed by atoms with Crippen LogP contribution in [0.15, 0.2) is 40.4 Å². The van der Waals surface area contributed by atoms with Crippen molar-refractivity contribution in [1.82, 2.24) is 14.8 Å². The van der Waals surface area contributed by atoms with Crippen molar-refractivity contribution in [3.8, 4) is 0 Å². The van der Waals surface area contributed by atoms with Crippen LogP contribution >= 0.6 is 27.3 Å². The van der Waals surface area contributed by atoms with E-state index in [4.69, 9.17) is 0 Å². The van der Waals surface area contributed by atoms with Crippen molar-refractivity contribution in [2.75, 3.05) is 26.2 Å². The number of nitrogens with zero attached hydrogens (tertiary/aromatic N) is 3. The molecule has 1 aliphatic heterocycles. The van der Waals surface area contributed by atoms with Crippen LogP contribution in [0.2, 0.25) is 0 Å². The zero-order chi connectivity index (χ0) is 14.7. The van der Waals surface area contributed by atoms with Crippen molar-refractivity contribution in [3.63, 3.8) is 0 Å². The standard InChI is InChI=1S/C15H16BrN3OS/c16-14-2-1-13(21-14)11-18-7-9-19(10-8-18)15(20)12-3-5-17-6-4-12/h1-6H,7-11H2. The van der Waals surface area contributed by atoms with Gasteiger partial charge in [0, 0.05) is 55.6 Å². The minimum atomic E-state index is 0.107. The number of halogens is 1. The molecule has 6 heteroatoms. The summed E-state index contributed by atoms with van der Waals surface area (Å²) in [6.45, 7) is 4.38. The maximum atomic E-state index is 12.3. The van der Waals surface area contributed by atoms with Crippen LogP contribution in [0, 0.1) is 0 Å². The Kier molecular flexibility index (Phi) is 4.67. The van der Waals surface area contributed by atoms with E-state index in [0.717, 1.165) is 38.3 Å². The number of carbonyl (C=O) groups is 1. The summed E-state index contributed by atoms with van der Waals surface area (Å²) in [7, 11) is 0. The van der Waals surface area contributed by atoms with Gasteiger partial charge in [0.1, 0.15) is 0 Å². The monoisotopic (exact) mass is 365 g/mol. The molecule has 1 saturated heterocycles. The highest BCUT2D eigenvalue weighted by atomic mass is 79.9. The van der Waals surface area contributed by atoms with E-state index in [1.165, 1.54) is 8.66 Å². The largest absolute Gasteiger partial charge is 0.336 e. The average Bonchev–Trinajstić information content (AvgIpc) is 2.93. The molecule has 2 aromatic heterocycles. The highest BCUT2D eigenvalue weighted by Gasteiger charge is 2.22. The summed E-state index contributed by atoms with van der Waals surface area (Å²) >= 11 is 5.27. The van der Waals surface area contributed by atoms with Crippen molar-refractivity contribution in [3.05, 3.63) is 50.9 Å². The summed E-state index contributed by atoms with van der Waals surface area (Å²) in [6.07, 6.45) is 3.33. The predicted molar refractivity (Wildman–Crippen MR) is 87.4 cm³/mol. The van der Waals surface area contributed by atoms with Gasteiger partial charge in [-0.25, -0.2) is 0 Å². The first kappa shape index (κ1) is 14.7. The lowest BCUT2D eigenvalue weighted by Gasteiger charge is -2.34. The zero-order valence-electron chi connectivity index (χ0n) is 11.5. The molecule has 0 aromatic carbocycles.